The Hall–Kier alpha value is -0.310. The highest BCUT2D eigenvalue weighted by molar-refractivity contribution is 9.11. The highest BCUT2D eigenvalue weighted by Gasteiger charge is 2.19. The molecule has 1 atom stereocenters. The molecule has 0 spiro atoms. The molecule has 0 radical (unpaired) electrons. The minimum absolute atomic E-state index is 0.147. The van der Waals surface area contributed by atoms with Crippen LogP contribution in [0.4, 0.5) is 0 Å². The van der Waals surface area contributed by atoms with E-state index < -0.39 is 0 Å². The normalized spacial score (nSPS) is 13.2. The van der Waals surface area contributed by atoms with Gasteiger partial charge in [0.15, 0.2) is 0 Å². The van der Waals surface area contributed by atoms with Crippen molar-refractivity contribution in [1.29, 1.82) is 0 Å². The van der Waals surface area contributed by atoms with Gasteiger partial charge in [-0.1, -0.05) is 83.0 Å². The molecule has 0 saturated heterocycles. The van der Waals surface area contributed by atoms with Gasteiger partial charge in [0.05, 0.1) is 5.38 Å². The van der Waals surface area contributed by atoms with Crippen molar-refractivity contribution in [1.82, 2.24) is 0 Å². The SMILES string of the molecule is CCC(C)(C)c1ccc(C(Cl)c2ccc(Br)cc2Br)cc1. The Kier molecular flexibility index (Phi) is 5.56. The first-order chi connectivity index (χ1) is 9.85. The van der Waals surface area contributed by atoms with Crippen LogP contribution < -0.4 is 0 Å². The van der Waals surface area contributed by atoms with Crippen LogP contribution in [0.3, 0.4) is 0 Å². The first-order valence-electron chi connectivity index (χ1n) is 7.04. The van der Waals surface area contributed by atoms with Gasteiger partial charge in [-0.3, -0.25) is 0 Å². The van der Waals surface area contributed by atoms with Gasteiger partial charge in [0.2, 0.25) is 0 Å². The van der Waals surface area contributed by atoms with Gasteiger partial charge < -0.3 is 0 Å². The second-order valence-corrected chi connectivity index (χ2v) is 8.09. The summed E-state index contributed by atoms with van der Waals surface area (Å²) in [5.41, 5.74) is 3.77. The number of halogens is 3. The molecule has 3 heteroatoms. The molecule has 1 unspecified atom stereocenters. The van der Waals surface area contributed by atoms with E-state index in [-0.39, 0.29) is 10.8 Å². The average molecular weight is 431 g/mol. The van der Waals surface area contributed by atoms with Gasteiger partial charge in [0.1, 0.15) is 0 Å². The lowest BCUT2D eigenvalue weighted by molar-refractivity contribution is 0.506. The lowest BCUT2D eigenvalue weighted by Gasteiger charge is -2.24. The van der Waals surface area contributed by atoms with Crippen LogP contribution in [0, 0.1) is 0 Å². The van der Waals surface area contributed by atoms with Crippen molar-refractivity contribution in [2.24, 2.45) is 0 Å². The van der Waals surface area contributed by atoms with Crippen LogP contribution in [-0.4, -0.2) is 0 Å². The van der Waals surface area contributed by atoms with Crippen LogP contribution in [0.1, 0.15) is 49.3 Å². The fraction of sp³-hybridized carbons (Fsp3) is 0.333. The summed E-state index contributed by atoms with van der Waals surface area (Å²) < 4.78 is 2.07. The fourth-order valence-electron chi connectivity index (χ4n) is 2.19. The number of benzene rings is 2. The summed E-state index contributed by atoms with van der Waals surface area (Å²) in [5, 5.41) is -0.147. The molecule has 0 fully saturated rings. The Morgan fingerprint density at radius 3 is 2.19 bits per heavy atom. The predicted molar refractivity (Wildman–Crippen MR) is 99.3 cm³/mol. The summed E-state index contributed by atoms with van der Waals surface area (Å²) >= 11 is 13.7. The number of alkyl halides is 1. The van der Waals surface area contributed by atoms with Crippen molar-refractivity contribution in [3.05, 3.63) is 68.1 Å². The van der Waals surface area contributed by atoms with Crippen LogP contribution >= 0.6 is 43.5 Å². The summed E-state index contributed by atoms with van der Waals surface area (Å²) in [5.74, 6) is 0. The van der Waals surface area contributed by atoms with E-state index in [0.29, 0.717) is 0 Å². The number of rotatable bonds is 4. The van der Waals surface area contributed by atoms with Gasteiger partial charge in [-0.05, 0) is 40.7 Å². The lowest BCUT2D eigenvalue weighted by Crippen LogP contribution is -2.15. The molecule has 2 aromatic rings. The molecule has 0 aromatic heterocycles. The molecule has 0 aliphatic rings. The van der Waals surface area contributed by atoms with Gasteiger partial charge in [0.25, 0.3) is 0 Å². The van der Waals surface area contributed by atoms with E-state index >= 15 is 0 Å². The second kappa shape index (κ2) is 6.85. The molecule has 2 aromatic carbocycles. The molecule has 0 N–H and O–H groups in total. The summed E-state index contributed by atoms with van der Waals surface area (Å²) in [7, 11) is 0. The quantitative estimate of drug-likeness (QED) is 0.449. The fourth-order valence-corrected chi connectivity index (χ4v) is 3.94. The third-order valence-corrected chi connectivity index (χ3v) is 5.77. The highest BCUT2D eigenvalue weighted by Crippen LogP contribution is 2.36. The Bertz CT molecular complexity index is 618. The molecular formula is C18H19Br2Cl. The van der Waals surface area contributed by atoms with Crippen molar-refractivity contribution in [2.75, 3.05) is 0 Å². The van der Waals surface area contributed by atoms with E-state index in [9.17, 15) is 0 Å². The van der Waals surface area contributed by atoms with E-state index in [1.54, 1.807) is 0 Å². The molecule has 0 bridgehead atoms. The summed E-state index contributed by atoms with van der Waals surface area (Å²) in [6, 6.07) is 14.8. The van der Waals surface area contributed by atoms with Crippen LogP contribution in [0.2, 0.25) is 0 Å². The molecular weight excluding hydrogens is 411 g/mol. The van der Waals surface area contributed by atoms with Crippen molar-refractivity contribution in [3.63, 3.8) is 0 Å². The molecule has 21 heavy (non-hydrogen) atoms. The van der Waals surface area contributed by atoms with E-state index in [4.69, 9.17) is 11.6 Å². The largest absolute Gasteiger partial charge is 0.113 e. The zero-order chi connectivity index (χ0) is 15.6. The van der Waals surface area contributed by atoms with Gasteiger partial charge in [-0.2, -0.15) is 0 Å². The maximum atomic E-state index is 6.64. The Morgan fingerprint density at radius 1 is 1.05 bits per heavy atom. The van der Waals surface area contributed by atoms with Gasteiger partial charge in [-0.25, -0.2) is 0 Å². The maximum absolute atomic E-state index is 6.64. The van der Waals surface area contributed by atoms with Crippen LogP contribution in [0.15, 0.2) is 51.4 Å². The van der Waals surface area contributed by atoms with E-state index in [1.807, 2.05) is 12.1 Å². The molecule has 0 nitrogen and oxygen atoms in total. The van der Waals surface area contributed by atoms with Crippen LogP contribution in [0.5, 0.6) is 0 Å². The van der Waals surface area contributed by atoms with Gasteiger partial charge in [-0.15, -0.1) is 11.6 Å². The van der Waals surface area contributed by atoms with Crippen molar-refractivity contribution in [3.8, 4) is 0 Å². The molecule has 112 valence electrons. The Morgan fingerprint density at radius 2 is 1.67 bits per heavy atom. The minimum atomic E-state index is -0.147. The molecule has 0 aliphatic carbocycles. The zero-order valence-electron chi connectivity index (χ0n) is 12.5. The first kappa shape index (κ1) is 17.1. The monoisotopic (exact) mass is 428 g/mol. The highest BCUT2D eigenvalue weighted by atomic mass is 79.9. The van der Waals surface area contributed by atoms with Crippen molar-refractivity contribution < 1.29 is 0 Å². The summed E-state index contributed by atoms with van der Waals surface area (Å²) in [4.78, 5) is 0. The summed E-state index contributed by atoms with van der Waals surface area (Å²) in [6.45, 7) is 6.76. The van der Waals surface area contributed by atoms with E-state index in [0.717, 1.165) is 26.5 Å². The topological polar surface area (TPSA) is 0 Å². The van der Waals surface area contributed by atoms with Crippen LogP contribution in [0.25, 0.3) is 0 Å². The lowest BCUT2D eigenvalue weighted by atomic mass is 9.82. The van der Waals surface area contributed by atoms with Crippen molar-refractivity contribution >= 4 is 43.5 Å². The van der Waals surface area contributed by atoms with E-state index in [2.05, 4.69) is 83.0 Å². The molecule has 2 rings (SSSR count). The maximum Gasteiger partial charge on any atom is 0.0846 e. The summed E-state index contributed by atoms with van der Waals surface area (Å²) in [6.07, 6.45) is 1.12. The van der Waals surface area contributed by atoms with Crippen molar-refractivity contribution in [2.45, 2.75) is 38.0 Å². The molecule has 0 amide bonds. The zero-order valence-corrected chi connectivity index (χ0v) is 16.4. The number of hydrogen-bond donors (Lipinski definition) is 0. The second-order valence-electron chi connectivity index (χ2n) is 5.89. The molecule has 0 heterocycles. The Labute approximate surface area is 149 Å². The first-order valence-corrected chi connectivity index (χ1v) is 9.07. The third kappa shape index (κ3) is 3.91. The minimum Gasteiger partial charge on any atom is -0.113 e. The van der Waals surface area contributed by atoms with Crippen LogP contribution in [-0.2, 0) is 5.41 Å². The van der Waals surface area contributed by atoms with Gasteiger partial charge in [0, 0.05) is 8.95 Å². The standard InChI is InChI=1S/C18H19Br2Cl/c1-4-18(2,3)13-7-5-12(6-8-13)17(21)15-10-9-14(19)11-16(15)20/h5-11,17H,4H2,1-3H3. The Balaban J connectivity index is 2.30. The molecule has 0 saturated carbocycles. The number of hydrogen-bond acceptors (Lipinski definition) is 0. The van der Waals surface area contributed by atoms with Gasteiger partial charge >= 0.3 is 0 Å². The predicted octanol–water partition coefficient (Wildman–Crippen LogP) is 7.23. The third-order valence-electron chi connectivity index (χ3n) is 4.10. The smallest absolute Gasteiger partial charge is 0.0846 e. The van der Waals surface area contributed by atoms with E-state index in [1.165, 1.54) is 5.56 Å². The average Bonchev–Trinajstić information content (AvgIpc) is 2.47. The molecule has 0 aliphatic heterocycles.